The van der Waals surface area contributed by atoms with Crippen LogP contribution in [0.3, 0.4) is 0 Å². The molecule has 1 fully saturated rings. The number of benzene rings is 2. The maximum Gasteiger partial charge on any atom is 0.407 e. The molecule has 0 heterocycles. The van der Waals surface area contributed by atoms with Gasteiger partial charge in [-0.25, -0.2) is 4.79 Å². The van der Waals surface area contributed by atoms with Crippen molar-refractivity contribution in [3.8, 4) is 11.1 Å². The smallest absolute Gasteiger partial charge is 0.407 e. The Morgan fingerprint density at radius 3 is 2.11 bits per heavy atom. The molecule has 0 bridgehead atoms. The number of fused-ring (bicyclic) bond motifs is 3. The van der Waals surface area contributed by atoms with Gasteiger partial charge >= 0.3 is 12.1 Å². The zero-order valence-electron chi connectivity index (χ0n) is 15.8. The van der Waals surface area contributed by atoms with Crippen LogP contribution in [0.25, 0.3) is 11.1 Å². The van der Waals surface area contributed by atoms with E-state index in [9.17, 15) is 14.7 Å². The van der Waals surface area contributed by atoms with Gasteiger partial charge in [-0.3, -0.25) is 4.79 Å². The molecule has 0 atom stereocenters. The zero-order chi connectivity index (χ0) is 19.6. The third-order valence-corrected chi connectivity index (χ3v) is 6.01. The van der Waals surface area contributed by atoms with Gasteiger partial charge in [0.1, 0.15) is 6.61 Å². The van der Waals surface area contributed by atoms with Crippen molar-refractivity contribution >= 4 is 12.1 Å². The van der Waals surface area contributed by atoms with Gasteiger partial charge in [0.2, 0.25) is 0 Å². The molecular weight excluding hydrogens is 354 g/mol. The van der Waals surface area contributed by atoms with Crippen molar-refractivity contribution in [1.82, 2.24) is 5.32 Å². The van der Waals surface area contributed by atoms with Crippen LogP contribution in [0.2, 0.25) is 0 Å². The van der Waals surface area contributed by atoms with Gasteiger partial charge in [0.15, 0.2) is 0 Å². The fourth-order valence-electron chi connectivity index (χ4n) is 4.72. The zero-order valence-corrected chi connectivity index (χ0v) is 15.8. The van der Waals surface area contributed by atoms with Crippen molar-refractivity contribution in [3.05, 3.63) is 59.7 Å². The molecule has 2 aromatic carbocycles. The summed E-state index contributed by atoms with van der Waals surface area (Å²) < 4.78 is 5.61. The van der Waals surface area contributed by atoms with E-state index in [1.54, 1.807) is 0 Å². The van der Waals surface area contributed by atoms with Crippen molar-refractivity contribution in [3.63, 3.8) is 0 Å². The lowest BCUT2D eigenvalue weighted by atomic mass is 9.79. The molecule has 0 aromatic heterocycles. The minimum Gasteiger partial charge on any atom is -0.481 e. The monoisotopic (exact) mass is 379 g/mol. The van der Waals surface area contributed by atoms with E-state index in [0.717, 1.165) is 30.4 Å². The minimum atomic E-state index is -0.888. The van der Waals surface area contributed by atoms with Crippen LogP contribution in [0.15, 0.2) is 48.5 Å². The molecule has 2 aromatic rings. The van der Waals surface area contributed by atoms with Gasteiger partial charge in [0.25, 0.3) is 0 Å². The Morgan fingerprint density at radius 1 is 0.964 bits per heavy atom. The number of carbonyl (C=O) groups is 2. The molecule has 146 valence electrons. The lowest BCUT2D eigenvalue weighted by Crippen LogP contribution is -2.51. The largest absolute Gasteiger partial charge is 0.481 e. The van der Waals surface area contributed by atoms with Crippen LogP contribution in [-0.2, 0) is 9.53 Å². The maximum absolute atomic E-state index is 12.6. The van der Waals surface area contributed by atoms with Gasteiger partial charge < -0.3 is 15.2 Å². The highest BCUT2D eigenvalue weighted by molar-refractivity contribution is 5.79. The Hall–Kier alpha value is -2.82. The Balaban J connectivity index is 1.47. The van der Waals surface area contributed by atoms with E-state index in [-0.39, 0.29) is 18.9 Å². The molecule has 0 spiro atoms. The van der Waals surface area contributed by atoms with E-state index >= 15 is 0 Å². The number of carbonyl (C=O) groups excluding carboxylic acids is 1. The van der Waals surface area contributed by atoms with E-state index < -0.39 is 17.6 Å². The van der Waals surface area contributed by atoms with Gasteiger partial charge in [-0.2, -0.15) is 0 Å². The summed E-state index contributed by atoms with van der Waals surface area (Å²) in [5.74, 6) is -0.888. The fourth-order valence-corrected chi connectivity index (χ4v) is 4.72. The van der Waals surface area contributed by atoms with Gasteiger partial charge in [0, 0.05) is 5.92 Å². The van der Waals surface area contributed by atoms with Gasteiger partial charge in [-0.05, 0) is 35.1 Å². The topological polar surface area (TPSA) is 75.6 Å². The number of carboxylic acids is 1. The molecule has 5 nitrogen and oxygen atoms in total. The Labute approximate surface area is 164 Å². The highest BCUT2D eigenvalue weighted by atomic mass is 16.5. The van der Waals surface area contributed by atoms with Gasteiger partial charge in [-0.1, -0.05) is 67.8 Å². The number of hydrogen-bond acceptors (Lipinski definition) is 3. The molecule has 0 unspecified atom stereocenters. The van der Waals surface area contributed by atoms with Crippen molar-refractivity contribution in [2.45, 2.75) is 50.0 Å². The molecule has 5 heteroatoms. The van der Waals surface area contributed by atoms with Crippen molar-refractivity contribution < 1.29 is 19.4 Å². The minimum absolute atomic E-state index is 0.0000652. The van der Waals surface area contributed by atoms with E-state index in [2.05, 4.69) is 29.6 Å². The van der Waals surface area contributed by atoms with E-state index in [1.165, 1.54) is 11.1 Å². The molecule has 0 radical (unpaired) electrons. The second-order valence-electron chi connectivity index (χ2n) is 7.86. The Morgan fingerprint density at radius 2 is 1.54 bits per heavy atom. The fraction of sp³-hybridized carbons (Fsp3) is 0.391. The quantitative estimate of drug-likeness (QED) is 0.789. The molecule has 2 aliphatic carbocycles. The normalized spacial score (nSPS) is 17.4. The molecule has 4 rings (SSSR count). The lowest BCUT2D eigenvalue weighted by molar-refractivity contribution is -0.139. The summed E-state index contributed by atoms with van der Waals surface area (Å²) in [6.07, 6.45) is 3.72. The predicted octanol–water partition coefficient (Wildman–Crippen LogP) is 4.70. The average molecular weight is 379 g/mol. The third kappa shape index (κ3) is 3.61. The summed E-state index contributed by atoms with van der Waals surface area (Å²) in [5.41, 5.74) is 4.00. The highest BCUT2D eigenvalue weighted by Gasteiger charge is 2.37. The Bertz CT molecular complexity index is 840. The van der Waals surface area contributed by atoms with E-state index in [4.69, 9.17) is 4.74 Å². The molecule has 1 saturated carbocycles. The first-order valence-electron chi connectivity index (χ1n) is 9.93. The van der Waals surface area contributed by atoms with Crippen LogP contribution >= 0.6 is 0 Å². The summed E-state index contributed by atoms with van der Waals surface area (Å²) in [4.78, 5) is 23.9. The number of alkyl carbamates (subject to hydrolysis) is 1. The van der Waals surface area contributed by atoms with Crippen molar-refractivity contribution in [2.75, 3.05) is 6.61 Å². The molecule has 0 saturated heterocycles. The van der Waals surface area contributed by atoms with Crippen LogP contribution in [-0.4, -0.2) is 29.3 Å². The first kappa shape index (κ1) is 18.5. The number of hydrogen-bond donors (Lipinski definition) is 2. The standard InChI is InChI=1S/C23H25NO4/c25-21(26)14-23(12-6-1-7-13-23)24-22(27)28-15-20-18-10-4-2-8-16(18)17-9-3-5-11-19(17)20/h2-5,8-11,20H,1,6-7,12-15H2,(H,24,27)(H,25,26). The van der Waals surface area contributed by atoms with Gasteiger partial charge in [-0.15, -0.1) is 0 Å². The highest BCUT2D eigenvalue weighted by Crippen LogP contribution is 2.44. The first-order chi connectivity index (χ1) is 13.6. The number of amides is 1. The third-order valence-electron chi connectivity index (χ3n) is 6.01. The lowest BCUT2D eigenvalue weighted by Gasteiger charge is -2.36. The van der Waals surface area contributed by atoms with E-state index in [1.807, 2.05) is 24.3 Å². The second kappa shape index (κ2) is 7.66. The molecule has 1 amide bonds. The second-order valence-corrected chi connectivity index (χ2v) is 7.86. The van der Waals surface area contributed by atoms with Crippen molar-refractivity contribution in [2.24, 2.45) is 0 Å². The van der Waals surface area contributed by atoms with Crippen LogP contribution in [0.4, 0.5) is 4.79 Å². The number of ether oxygens (including phenoxy) is 1. The number of aliphatic carboxylic acids is 1. The summed E-state index contributed by atoms with van der Waals surface area (Å²) in [6.45, 7) is 0.239. The number of rotatable bonds is 5. The summed E-state index contributed by atoms with van der Waals surface area (Å²) >= 11 is 0. The summed E-state index contributed by atoms with van der Waals surface area (Å²) in [7, 11) is 0. The molecular formula is C23H25NO4. The van der Waals surface area contributed by atoms with Crippen LogP contribution in [0.1, 0.15) is 55.6 Å². The summed E-state index contributed by atoms with van der Waals surface area (Å²) in [6, 6.07) is 16.4. The van der Waals surface area contributed by atoms with Crippen LogP contribution < -0.4 is 5.32 Å². The predicted molar refractivity (Wildman–Crippen MR) is 106 cm³/mol. The number of carboxylic acid groups (broad SMARTS) is 1. The van der Waals surface area contributed by atoms with Crippen LogP contribution in [0.5, 0.6) is 0 Å². The summed E-state index contributed by atoms with van der Waals surface area (Å²) in [5, 5.41) is 12.2. The molecule has 2 aliphatic rings. The molecule has 0 aliphatic heterocycles. The maximum atomic E-state index is 12.6. The first-order valence-corrected chi connectivity index (χ1v) is 9.93. The number of nitrogens with one attached hydrogen (secondary N) is 1. The molecule has 2 N–H and O–H groups in total. The van der Waals surface area contributed by atoms with Crippen molar-refractivity contribution in [1.29, 1.82) is 0 Å². The van der Waals surface area contributed by atoms with Gasteiger partial charge in [0.05, 0.1) is 12.0 Å². The Kier molecular flexibility index (Phi) is 5.07. The van der Waals surface area contributed by atoms with E-state index in [0.29, 0.717) is 12.8 Å². The molecule has 28 heavy (non-hydrogen) atoms. The van der Waals surface area contributed by atoms with Crippen LogP contribution in [0, 0.1) is 0 Å². The SMILES string of the molecule is O=C(O)CC1(NC(=O)OCC2c3ccccc3-c3ccccc32)CCCCC1. The average Bonchev–Trinajstić information content (AvgIpc) is 3.00.